The monoisotopic (exact) mass is 295 g/mol. The molecule has 0 aromatic heterocycles. The zero-order chi connectivity index (χ0) is 15.3. The van der Waals surface area contributed by atoms with Gasteiger partial charge in [-0.3, -0.25) is 4.21 Å². The normalized spacial score (nSPS) is 16.1. The van der Waals surface area contributed by atoms with Crippen LogP contribution in [-0.2, 0) is 10.8 Å². The average Bonchev–Trinajstić information content (AvgIpc) is 2.35. The minimum Gasteiger partial charge on any atom is -0.309 e. The van der Waals surface area contributed by atoms with Crippen molar-refractivity contribution in [2.75, 3.05) is 12.3 Å². The Balaban J connectivity index is 2.91. The average molecular weight is 295 g/mol. The standard InChI is InChI=1S/C17H29NOS/c1-7-18-17(11-20(19)15(6)12(2)3)16-9-13(4)8-14(5)10-16/h8-10,12,15,17-18H,7,11H2,1-6H3. The molecular formula is C17H29NOS. The minimum atomic E-state index is -0.803. The highest BCUT2D eigenvalue weighted by Gasteiger charge is 2.20. The molecule has 0 saturated heterocycles. The van der Waals surface area contributed by atoms with Crippen LogP contribution in [0.15, 0.2) is 18.2 Å². The first-order valence-corrected chi connectivity index (χ1v) is 8.92. The Morgan fingerprint density at radius 3 is 2.10 bits per heavy atom. The summed E-state index contributed by atoms with van der Waals surface area (Å²) in [6.45, 7) is 13.6. The van der Waals surface area contributed by atoms with Gasteiger partial charge in [0.1, 0.15) is 0 Å². The van der Waals surface area contributed by atoms with E-state index in [0.29, 0.717) is 11.7 Å². The first-order chi connectivity index (χ1) is 9.35. The molecule has 1 aromatic carbocycles. The Morgan fingerprint density at radius 2 is 1.65 bits per heavy atom. The van der Waals surface area contributed by atoms with Crippen molar-refractivity contribution in [2.24, 2.45) is 5.92 Å². The summed E-state index contributed by atoms with van der Waals surface area (Å²) in [7, 11) is -0.803. The van der Waals surface area contributed by atoms with Gasteiger partial charge in [0.05, 0.1) is 0 Å². The zero-order valence-electron chi connectivity index (χ0n) is 13.7. The largest absolute Gasteiger partial charge is 0.309 e. The van der Waals surface area contributed by atoms with Gasteiger partial charge >= 0.3 is 0 Å². The second kappa shape index (κ2) is 7.94. The second-order valence-electron chi connectivity index (χ2n) is 6.03. The lowest BCUT2D eigenvalue weighted by atomic mass is 10.0. The Morgan fingerprint density at radius 1 is 1.10 bits per heavy atom. The van der Waals surface area contributed by atoms with Gasteiger partial charge in [-0.1, -0.05) is 57.0 Å². The Labute approximate surface area is 126 Å². The highest BCUT2D eigenvalue weighted by Crippen LogP contribution is 2.20. The van der Waals surface area contributed by atoms with Gasteiger partial charge in [0.15, 0.2) is 0 Å². The molecule has 1 N–H and O–H groups in total. The first-order valence-electron chi connectivity index (χ1n) is 7.53. The van der Waals surface area contributed by atoms with E-state index in [1.165, 1.54) is 16.7 Å². The van der Waals surface area contributed by atoms with E-state index in [4.69, 9.17) is 0 Å². The Hall–Kier alpha value is -0.670. The SMILES string of the molecule is CCNC(CS(=O)C(C)C(C)C)c1cc(C)cc(C)c1. The molecule has 1 rings (SSSR count). The van der Waals surface area contributed by atoms with Crippen molar-refractivity contribution < 1.29 is 4.21 Å². The van der Waals surface area contributed by atoms with Crippen LogP contribution in [0.5, 0.6) is 0 Å². The minimum absolute atomic E-state index is 0.181. The fourth-order valence-electron chi connectivity index (χ4n) is 2.35. The number of nitrogens with one attached hydrogen (secondary N) is 1. The molecule has 3 heteroatoms. The molecule has 0 aliphatic rings. The number of benzene rings is 1. The van der Waals surface area contributed by atoms with E-state index < -0.39 is 10.8 Å². The lowest BCUT2D eigenvalue weighted by molar-refractivity contribution is 0.573. The molecule has 0 fully saturated rings. The highest BCUT2D eigenvalue weighted by molar-refractivity contribution is 7.85. The topological polar surface area (TPSA) is 29.1 Å². The summed E-state index contributed by atoms with van der Waals surface area (Å²) in [6, 6.07) is 6.77. The molecule has 3 unspecified atom stereocenters. The van der Waals surface area contributed by atoms with Crippen LogP contribution in [0.2, 0.25) is 0 Å². The molecule has 3 atom stereocenters. The third-order valence-corrected chi connectivity index (χ3v) is 5.82. The summed E-state index contributed by atoms with van der Waals surface area (Å²) in [4.78, 5) is 0. The smallest absolute Gasteiger partial charge is 0.0437 e. The van der Waals surface area contributed by atoms with Crippen molar-refractivity contribution in [2.45, 2.75) is 52.8 Å². The summed E-state index contributed by atoms with van der Waals surface area (Å²) in [5.74, 6) is 1.15. The number of hydrogen-bond donors (Lipinski definition) is 1. The van der Waals surface area contributed by atoms with E-state index in [9.17, 15) is 4.21 Å². The van der Waals surface area contributed by atoms with Crippen LogP contribution in [0, 0.1) is 19.8 Å². The van der Waals surface area contributed by atoms with Gasteiger partial charge in [-0.25, -0.2) is 0 Å². The van der Waals surface area contributed by atoms with Crippen LogP contribution >= 0.6 is 0 Å². The van der Waals surface area contributed by atoms with Crippen molar-refractivity contribution in [1.82, 2.24) is 5.32 Å². The van der Waals surface area contributed by atoms with Crippen LogP contribution in [0.1, 0.15) is 50.4 Å². The van der Waals surface area contributed by atoms with Gasteiger partial charge in [-0.2, -0.15) is 0 Å². The molecule has 2 nitrogen and oxygen atoms in total. The maximum Gasteiger partial charge on any atom is 0.0437 e. The van der Waals surface area contributed by atoms with E-state index in [1.54, 1.807) is 0 Å². The molecule has 0 amide bonds. The van der Waals surface area contributed by atoms with E-state index in [-0.39, 0.29) is 11.3 Å². The summed E-state index contributed by atoms with van der Waals surface area (Å²) in [6.07, 6.45) is 0. The predicted octanol–water partition coefficient (Wildman–Crippen LogP) is 3.75. The van der Waals surface area contributed by atoms with Gasteiger partial charge in [0, 0.05) is 27.8 Å². The molecule has 0 saturated carbocycles. The molecule has 0 bridgehead atoms. The van der Waals surface area contributed by atoms with Crippen molar-refractivity contribution in [3.8, 4) is 0 Å². The van der Waals surface area contributed by atoms with E-state index >= 15 is 0 Å². The molecule has 20 heavy (non-hydrogen) atoms. The van der Waals surface area contributed by atoms with Gasteiger partial charge in [-0.05, 0) is 31.9 Å². The van der Waals surface area contributed by atoms with Gasteiger partial charge in [-0.15, -0.1) is 0 Å². The predicted molar refractivity (Wildman–Crippen MR) is 89.6 cm³/mol. The van der Waals surface area contributed by atoms with Crippen LogP contribution in [-0.4, -0.2) is 21.8 Å². The third-order valence-electron chi connectivity index (χ3n) is 3.78. The van der Waals surface area contributed by atoms with Gasteiger partial charge in [0.25, 0.3) is 0 Å². The van der Waals surface area contributed by atoms with Crippen molar-refractivity contribution in [3.05, 3.63) is 34.9 Å². The van der Waals surface area contributed by atoms with Crippen LogP contribution in [0.4, 0.5) is 0 Å². The molecule has 0 heterocycles. The highest BCUT2D eigenvalue weighted by atomic mass is 32.2. The molecule has 0 aliphatic heterocycles. The quantitative estimate of drug-likeness (QED) is 0.830. The lowest BCUT2D eigenvalue weighted by Gasteiger charge is -2.22. The number of aryl methyl sites for hydroxylation is 2. The van der Waals surface area contributed by atoms with Gasteiger partial charge < -0.3 is 5.32 Å². The number of hydrogen-bond acceptors (Lipinski definition) is 2. The third kappa shape index (κ3) is 5.02. The van der Waals surface area contributed by atoms with Crippen molar-refractivity contribution >= 4 is 10.8 Å². The first kappa shape index (κ1) is 17.4. The maximum absolute atomic E-state index is 12.5. The van der Waals surface area contributed by atoms with Crippen molar-refractivity contribution in [3.63, 3.8) is 0 Å². The zero-order valence-corrected chi connectivity index (χ0v) is 14.5. The molecule has 0 radical (unpaired) electrons. The molecule has 114 valence electrons. The van der Waals surface area contributed by atoms with Gasteiger partial charge in [0.2, 0.25) is 0 Å². The molecule has 0 aliphatic carbocycles. The van der Waals surface area contributed by atoms with E-state index in [1.807, 2.05) is 0 Å². The van der Waals surface area contributed by atoms with Crippen LogP contribution < -0.4 is 5.32 Å². The summed E-state index contributed by atoms with van der Waals surface area (Å²) >= 11 is 0. The summed E-state index contributed by atoms with van der Waals surface area (Å²) in [5, 5.41) is 3.72. The van der Waals surface area contributed by atoms with Crippen molar-refractivity contribution in [1.29, 1.82) is 0 Å². The van der Waals surface area contributed by atoms with Crippen LogP contribution in [0.25, 0.3) is 0 Å². The summed E-state index contributed by atoms with van der Waals surface area (Å²) in [5.41, 5.74) is 3.80. The molecule has 1 aromatic rings. The molecular weight excluding hydrogens is 266 g/mol. The maximum atomic E-state index is 12.5. The molecule has 0 spiro atoms. The Bertz CT molecular complexity index is 436. The summed E-state index contributed by atoms with van der Waals surface area (Å²) < 4.78 is 12.5. The van der Waals surface area contributed by atoms with E-state index in [2.05, 4.69) is 65.1 Å². The second-order valence-corrected chi connectivity index (χ2v) is 7.87. The number of rotatable bonds is 7. The van der Waals surface area contributed by atoms with Crippen LogP contribution in [0.3, 0.4) is 0 Å². The lowest BCUT2D eigenvalue weighted by Crippen LogP contribution is -2.30. The Kier molecular flexibility index (Phi) is 6.90. The fraction of sp³-hybridized carbons (Fsp3) is 0.647. The fourth-order valence-corrected chi connectivity index (χ4v) is 3.90. The van der Waals surface area contributed by atoms with E-state index in [0.717, 1.165) is 6.54 Å².